The Morgan fingerprint density at radius 3 is 2.50 bits per heavy atom. The maximum atomic E-state index is 13.2. The number of benzene rings is 2. The van der Waals surface area contributed by atoms with E-state index in [1.54, 1.807) is 0 Å². The van der Waals surface area contributed by atoms with Crippen molar-refractivity contribution >= 4 is 38.3 Å². The van der Waals surface area contributed by atoms with E-state index in [1.165, 1.54) is 22.0 Å². The quantitative estimate of drug-likeness (QED) is 0.681. The Hall–Kier alpha value is -2.29. The molecule has 1 saturated heterocycles. The Bertz CT molecular complexity index is 1200. The number of aromatic amines is 2. The van der Waals surface area contributed by atoms with Crippen LogP contribution in [0.3, 0.4) is 0 Å². The SMILES string of the molecule is Cc1cccc(N2CCN(S(=O)(=O)c3cc4[nH]c(=O)[nH]c4cc3Cl)C[C@H]2C)c1. The fraction of sp³-hybridized carbons (Fsp3) is 0.316. The summed E-state index contributed by atoms with van der Waals surface area (Å²) in [5, 5.41) is 0.0940. The van der Waals surface area contributed by atoms with E-state index in [9.17, 15) is 13.2 Å². The van der Waals surface area contributed by atoms with Gasteiger partial charge in [0, 0.05) is 31.4 Å². The first-order valence-corrected chi connectivity index (χ1v) is 10.8. The van der Waals surface area contributed by atoms with Crippen molar-refractivity contribution in [3.8, 4) is 0 Å². The van der Waals surface area contributed by atoms with Crippen molar-refractivity contribution in [1.29, 1.82) is 0 Å². The summed E-state index contributed by atoms with van der Waals surface area (Å²) in [6.45, 7) is 5.36. The summed E-state index contributed by atoms with van der Waals surface area (Å²) in [7, 11) is -3.78. The smallest absolute Gasteiger partial charge is 0.323 e. The number of hydrogen-bond acceptors (Lipinski definition) is 4. The van der Waals surface area contributed by atoms with Crippen LogP contribution in [0.25, 0.3) is 11.0 Å². The molecule has 28 heavy (non-hydrogen) atoms. The van der Waals surface area contributed by atoms with Crippen molar-refractivity contribution in [1.82, 2.24) is 14.3 Å². The molecule has 1 atom stereocenters. The van der Waals surface area contributed by atoms with E-state index in [-0.39, 0.29) is 16.0 Å². The Labute approximate surface area is 168 Å². The highest BCUT2D eigenvalue weighted by Crippen LogP contribution is 2.30. The van der Waals surface area contributed by atoms with Crippen LogP contribution >= 0.6 is 11.6 Å². The van der Waals surface area contributed by atoms with E-state index in [4.69, 9.17) is 11.6 Å². The number of halogens is 1. The zero-order valence-corrected chi connectivity index (χ0v) is 17.1. The van der Waals surface area contributed by atoms with Gasteiger partial charge in [-0.25, -0.2) is 13.2 Å². The van der Waals surface area contributed by atoms with Crippen LogP contribution < -0.4 is 10.6 Å². The van der Waals surface area contributed by atoms with Gasteiger partial charge in [0.25, 0.3) is 0 Å². The number of hydrogen-bond donors (Lipinski definition) is 2. The van der Waals surface area contributed by atoms with Crippen LogP contribution in [0.4, 0.5) is 5.69 Å². The highest BCUT2D eigenvalue weighted by molar-refractivity contribution is 7.89. The number of imidazole rings is 1. The zero-order valence-electron chi connectivity index (χ0n) is 15.6. The number of sulfonamides is 1. The summed E-state index contributed by atoms with van der Waals surface area (Å²) in [5.41, 5.74) is 2.75. The molecule has 0 amide bonds. The molecule has 3 aromatic rings. The minimum absolute atomic E-state index is 0.00752. The first-order valence-electron chi connectivity index (χ1n) is 9.01. The van der Waals surface area contributed by atoms with Gasteiger partial charge in [0.2, 0.25) is 10.0 Å². The molecule has 2 aromatic carbocycles. The van der Waals surface area contributed by atoms with Gasteiger partial charge in [-0.1, -0.05) is 23.7 Å². The largest absolute Gasteiger partial charge is 0.366 e. The molecule has 9 heteroatoms. The molecular weight excluding hydrogens is 400 g/mol. The minimum atomic E-state index is -3.78. The molecule has 1 aliphatic heterocycles. The second-order valence-corrected chi connectivity index (χ2v) is 9.47. The van der Waals surface area contributed by atoms with Gasteiger partial charge in [-0.2, -0.15) is 4.31 Å². The molecule has 0 spiro atoms. The van der Waals surface area contributed by atoms with E-state index in [0.717, 1.165) is 5.69 Å². The zero-order chi connectivity index (χ0) is 20.1. The molecule has 4 rings (SSSR count). The molecule has 2 heterocycles. The molecule has 0 radical (unpaired) electrons. The van der Waals surface area contributed by atoms with Gasteiger partial charge < -0.3 is 14.9 Å². The summed E-state index contributed by atoms with van der Waals surface area (Å²) < 4.78 is 27.9. The number of H-pyrrole nitrogens is 2. The van der Waals surface area contributed by atoms with Gasteiger partial charge in [-0.15, -0.1) is 0 Å². The van der Waals surface area contributed by atoms with E-state index in [2.05, 4.69) is 20.9 Å². The molecule has 0 unspecified atom stereocenters. The molecule has 1 aromatic heterocycles. The van der Waals surface area contributed by atoms with Crippen molar-refractivity contribution in [3.05, 3.63) is 57.5 Å². The van der Waals surface area contributed by atoms with Crippen LogP contribution in [0.2, 0.25) is 5.02 Å². The van der Waals surface area contributed by atoms with Gasteiger partial charge in [0.05, 0.1) is 16.1 Å². The highest BCUT2D eigenvalue weighted by atomic mass is 35.5. The van der Waals surface area contributed by atoms with Crippen LogP contribution in [-0.4, -0.2) is 48.4 Å². The predicted octanol–water partition coefficient (Wildman–Crippen LogP) is 2.72. The summed E-state index contributed by atoms with van der Waals surface area (Å²) >= 11 is 6.24. The molecule has 1 fully saturated rings. The van der Waals surface area contributed by atoms with Crippen molar-refractivity contribution in [2.45, 2.75) is 24.8 Å². The maximum Gasteiger partial charge on any atom is 0.323 e. The number of piperazine rings is 1. The number of aromatic nitrogens is 2. The van der Waals surface area contributed by atoms with E-state index < -0.39 is 15.7 Å². The summed E-state index contributed by atoms with van der Waals surface area (Å²) in [6.07, 6.45) is 0. The molecule has 7 nitrogen and oxygen atoms in total. The lowest BCUT2D eigenvalue weighted by molar-refractivity contribution is 0.342. The van der Waals surface area contributed by atoms with Gasteiger partial charge >= 0.3 is 5.69 Å². The molecule has 2 N–H and O–H groups in total. The number of nitrogens with zero attached hydrogens (tertiary/aromatic N) is 2. The summed E-state index contributed by atoms with van der Waals surface area (Å²) in [4.78, 5) is 18.9. The van der Waals surface area contributed by atoms with Gasteiger partial charge in [-0.05, 0) is 43.7 Å². The molecule has 1 aliphatic rings. The first-order chi connectivity index (χ1) is 13.3. The van der Waals surface area contributed by atoms with Crippen LogP contribution in [0.15, 0.2) is 46.1 Å². The average Bonchev–Trinajstić information content (AvgIpc) is 2.99. The minimum Gasteiger partial charge on any atom is -0.366 e. The topological polar surface area (TPSA) is 89.3 Å². The Kier molecular flexibility index (Phi) is 4.73. The monoisotopic (exact) mass is 420 g/mol. The number of fused-ring (bicyclic) bond motifs is 1. The normalized spacial score (nSPS) is 18.7. The molecular formula is C19H21ClN4O3S. The van der Waals surface area contributed by atoms with Crippen LogP contribution in [0, 0.1) is 6.92 Å². The lowest BCUT2D eigenvalue weighted by Crippen LogP contribution is -2.53. The third kappa shape index (κ3) is 3.32. The van der Waals surface area contributed by atoms with Crippen LogP contribution in [0.1, 0.15) is 12.5 Å². The van der Waals surface area contributed by atoms with Crippen molar-refractivity contribution < 1.29 is 8.42 Å². The number of anilines is 1. The Morgan fingerprint density at radius 1 is 1.11 bits per heavy atom. The van der Waals surface area contributed by atoms with Gasteiger partial charge in [0.15, 0.2) is 0 Å². The third-order valence-corrected chi connectivity index (χ3v) is 7.44. The summed E-state index contributed by atoms with van der Waals surface area (Å²) in [5.74, 6) is 0. The second-order valence-electron chi connectivity index (χ2n) is 7.15. The fourth-order valence-corrected chi connectivity index (χ4v) is 5.75. The average molecular weight is 421 g/mol. The van der Waals surface area contributed by atoms with Crippen molar-refractivity contribution in [3.63, 3.8) is 0 Å². The van der Waals surface area contributed by atoms with Crippen molar-refractivity contribution in [2.75, 3.05) is 24.5 Å². The fourth-order valence-electron chi connectivity index (χ4n) is 3.71. The van der Waals surface area contributed by atoms with E-state index >= 15 is 0 Å². The standard InChI is InChI=1S/C19H21ClN4O3S/c1-12-4-3-5-14(8-12)24-7-6-23(11-13(24)2)28(26,27)18-10-17-16(9-15(18)20)21-19(25)22-17/h3-5,8-10,13H,6-7,11H2,1-2H3,(H2,21,22,25)/t13-/m1/s1. The molecule has 0 bridgehead atoms. The lowest BCUT2D eigenvalue weighted by atomic mass is 10.1. The van der Waals surface area contributed by atoms with Gasteiger partial charge in [0.1, 0.15) is 4.90 Å². The van der Waals surface area contributed by atoms with E-state index in [1.807, 2.05) is 32.0 Å². The Morgan fingerprint density at radius 2 is 1.82 bits per heavy atom. The van der Waals surface area contributed by atoms with Crippen molar-refractivity contribution in [2.24, 2.45) is 0 Å². The number of aryl methyl sites for hydroxylation is 1. The van der Waals surface area contributed by atoms with E-state index in [0.29, 0.717) is 30.7 Å². The maximum absolute atomic E-state index is 13.2. The third-order valence-electron chi connectivity index (χ3n) is 5.11. The summed E-state index contributed by atoms with van der Waals surface area (Å²) in [6, 6.07) is 11.1. The highest BCUT2D eigenvalue weighted by Gasteiger charge is 2.34. The number of nitrogens with one attached hydrogen (secondary N) is 2. The second kappa shape index (κ2) is 6.95. The predicted molar refractivity (Wildman–Crippen MR) is 111 cm³/mol. The van der Waals surface area contributed by atoms with Crippen LogP contribution in [0.5, 0.6) is 0 Å². The molecule has 148 valence electrons. The Balaban J connectivity index is 1.63. The molecule has 0 saturated carbocycles. The number of rotatable bonds is 3. The van der Waals surface area contributed by atoms with Gasteiger partial charge in [-0.3, -0.25) is 0 Å². The first kappa shape index (κ1) is 19.0. The van der Waals surface area contributed by atoms with Crippen LogP contribution in [-0.2, 0) is 10.0 Å². The molecule has 0 aliphatic carbocycles. The lowest BCUT2D eigenvalue weighted by Gasteiger charge is -2.40.